The zero-order valence-corrected chi connectivity index (χ0v) is 15.3. The maximum Gasteiger partial charge on any atom is 0.314 e. The Morgan fingerprint density at radius 3 is 2.71 bits per heavy atom. The summed E-state index contributed by atoms with van der Waals surface area (Å²) in [5.41, 5.74) is 0.455. The van der Waals surface area contributed by atoms with Crippen LogP contribution in [0, 0.1) is 11.6 Å². The fourth-order valence-electron chi connectivity index (χ4n) is 2.78. The van der Waals surface area contributed by atoms with E-state index in [1.807, 2.05) is 0 Å². The number of amides is 2. The van der Waals surface area contributed by atoms with Crippen molar-refractivity contribution in [3.63, 3.8) is 0 Å². The van der Waals surface area contributed by atoms with Crippen molar-refractivity contribution in [3.8, 4) is 0 Å². The molecule has 0 aliphatic carbocycles. The Morgan fingerprint density at radius 2 is 2.00 bits per heavy atom. The molecule has 0 spiro atoms. The van der Waals surface area contributed by atoms with Gasteiger partial charge >= 0.3 is 5.97 Å². The van der Waals surface area contributed by atoms with Gasteiger partial charge in [0.15, 0.2) is 6.10 Å². The molecule has 2 aromatic rings. The van der Waals surface area contributed by atoms with Gasteiger partial charge in [-0.05, 0) is 42.8 Å². The number of carbonyl (C=O) groups is 3. The molecule has 3 rings (SSSR count). The van der Waals surface area contributed by atoms with Gasteiger partial charge in [0.1, 0.15) is 11.6 Å². The second-order valence-corrected chi connectivity index (χ2v) is 6.67. The number of fused-ring (bicyclic) bond motifs is 1. The van der Waals surface area contributed by atoms with Crippen LogP contribution in [0.2, 0.25) is 5.02 Å². The van der Waals surface area contributed by atoms with Gasteiger partial charge in [0.05, 0.1) is 11.6 Å². The summed E-state index contributed by atoms with van der Waals surface area (Å²) in [7, 11) is 0. The molecule has 2 N–H and O–H groups in total. The predicted molar refractivity (Wildman–Crippen MR) is 98.0 cm³/mol. The molecule has 0 fully saturated rings. The van der Waals surface area contributed by atoms with Crippen LogP contribution in [-0.2, 0) is 19.1 Å². The van der Waals surface area contributed by atoms with E-state index in [0.717, 1.165) is 18.2 Å². The summed E-state index contributed by atoms with van der Waals surface area (Å²) >= 11 is 5.66. The molecule has 1 aliphatic heterocycles. The van der Waals surface area contributed by atoms with Gasteiger partial charge in [-0.25, -0.2) is 8.78 Å². The summed E-state index contributed by atoms with van der Waals surface area (Å²) in [5.74, 6) is -4.33. The minimum atomic E-state index is -1.25. The van der Waals surface area contributed by atoms with Gasteiger partial charge in [0.2, 0.25) is 5.91 Å². The Labute approximate surface area is 163 Å². The fraction of sp³-hybridized carbons (Fsp3) is 0.211. The van der Waals surface area contributed by atoms with Crippen molar-refractivity contribution in [2.75, 3.05) is 10.6 Å². The van der Waals surface area contributed by atoms with Crippen LogP contribution in [0.25, 0.3) is 0 Å². The van der Waals surface area contributed by atoms with E-state index in [1.54, 1.807) is 0 Å². The number of hydrogen-bond acceptors (Lipinski definition) is 4. The first kappa shape index (κ1) is 19.8. The summed E-state index contributed by atoms with van der Waals surface area (Å²) in [6.07, 6.45) is -1.45. The monoisotopic (exact) mass is 408 g/mol. The van der Waals surface area contributed by atoms with Crippen molar-refractivity contribution in [1.29, 1.82) is 0 Å². The molecule has 2 aromatic carbocycles. The number of anilines is 2. The molecular formula is C19H15ClF2N2O4. The van der Waals surface area contributed by atoms with Crippen molar-refractivity contribution in [2.24, 2.45) is 0 Å². The number of halogens is 3. The van der Waals surface area contributed by atoms with Gasteiger partial charge in [-0.15, -0.1) is 0 Å². The minimum absolute atomic E-state index is 0.116. The lowest BCUT2D eigenvalue weighted by molar-refractivity contribution is -0.155. The molecule has 9 heteroatoms. The van der Waals surface area contributed by atoms with Crippen LogP contribution in [0.4, 0.5) is 20.2 Å². The largest absolute Gasteiger partial charge is 0.452 e. The first-order valence-corrected chi connectivity index (χ1v) is 8.68. The zero-order chi connectivity index (χ0) is 20.4. The van der Waals surface area contributed by atoms with Gasteiger partial charge in [-0.3, -0.25) is 14.4 Å². The lowest BCUT2D eigenvalue weighted by Gasteiger charge is -2.25. The van der Waals surface area contributed by atoms with E-state index in [4.69, 9.17) is 16.3 Å². The van der Waals surface area contributed by atoms with Crippen LogP contribution in [0.1, 0.15) is 24.8 Å². The van der Waals surface area contributed by atoms with Crippen LogP contribution in [0.5, 0.6) is 0 Å². The topological polar surface area (TPSA) is 84.5 Å². The molecule has 0 saturated heterocycles. The molecule has 0 saturated carbocycles. The molecule has 1 aliphatic rings. The molecule has 6 nitrogen and oxygen atoms in total. The predicted octanol–water partition coefficient (Wildman–Crippen LogP) is 3.61. The lowest BCUT2D eigenvalue weighted by atomic mass is 9.90. The van der Waals surface area contributed by atoms with Gasteiger partial charge in [-0.1, -0.05) is 17.7 Å². The van der Waals surface area contributed by atoms with E-state index in [1.165, 1.54) is 25.1 Å². The lowest BCUT2D eigenvalue weighted by Crippen LogP contribution is -2.34. The number of carbonyl (C=O) groups excluding carboxylic acids is 3. The van der Waals surface area contributed by atoms with E-state index >= 15 is 0 Å². The highest BCUT2D eigenvalue weighted by molar-refractivity contribution is 6.30. The van der Waals surface area contributed by atoms with Gasteiger partial charge < -0.3 is 15.4 Å². The van der Waals surface area contributed by atoms with Crippen LogP contribution >= 0.6 is 11.6 Å². The maximum atomic E-state index is 13.8. The number of esters is 1. The van der Waals surface area contributed by atoms with Gasteiger partial charge in [-0.2, -0.15) is 0 Å². The third-order valence-electron chi connectivity index (χ3n) is 4.19. The van der Waals surface area contributed by atoms with Gasteiger partial charge in [0, 0.05) is 17.1 Å². The quantitative estimate of drug-likeness (QED) is 0.757. The number of benzene rings is 2. The van der Waals surface area contributed by atoms with Crippen LogP contribution in [0.3, 0.4) is 0 Å². The fourth-order valence-corrected chi connectivity index (χ4v) is 2.94. The SMILES string of the molecule is C[C@@H](OC(=O)[C@H]1CC(=O)Nc2cc(F)ccc21)C(=O)Nc1ccc(Cl)cc1F. The Morgan fingerprint density at radius 1 is 1.25 bits per heavy atom. The molecule has 0 bridgehead atoms. The minimum Gasteiger partial charge on any atom is -0.452 e. The molecule has 2 amide bonds. The van der Waals surface area contributed by atoms with Crippen LogP contribution in [0.15, 0.2) is 36.4 Å². The normalized spacial score (nSPS) is 16.6. The second-order valence-electron chi connectivity index (χ2n) is 6.23. The zero-order valence-electron chi connectivity index (χ0n) is 14.6. The van der Waals surface area contributed by atoms with Crippen molar-refractivity contribution < 1.29 is 27.9 Å². The molecule has 0 radical (unpaired) electrons. The Balaban J connectivity index is 1.70. The number of nitrogens with one attached hydrogen (secondary N) is 2. The summed E-state index contributed by atoms with van der Waals surface area (Å²) in [5, 5.41) is 4.96. The Kier molecular flexibility index (Phi) is 5.60. The molecule has 146 valence electrons. The molecule has 1 heterocycles. The third kappa shape index (κ3) is 4.28. The summed E-state index contributed by atoms with van der Waals surface area (Å²) in [6, 6.07) is 7.35. The second kappa shape index (κ2) is 7.93. The van der Waals surface area contributed by atoms with E-state index in [-0.39, 0.29) is 22.8 Å². The first-order chi connectivity index (χ1) is 13.2. The van der Waals surface area contributed by atoms with Crippen molar-refractivity contribution in [3.05, 3.63) is 58.6 Å². The standard InChI is InChI=1S/C19H15ClF2N2O4/c1-9(18(26)24-15-5-2-10(20)6-14(15)22)28-19(27)13-8-17(25)23-16-7-11(21)3-4-12(13)16/h2-7,9,13H,8H2,1H3,(H,23,25)(H,24,26)/t9-,13+/m1/s1. The average Bonchev–Trinajstić information content (AvgIpc) is 2.62. The average molecular weight is 409 g/mol. The molecule has 28 heavy (non-hydrogen) atoms. The van der Waals surface area contributed by atoms with Crippen LogP contribution < -0.4 is 10.6 Å². The molecule has 2 atom stereocenters. The first-order valence-electron chi connectivity index (χ1n) is 8.30. The van der Waals surface area contributed by atoms with Crippen molar-refractivity contribution in [1.82, 2.24) is 0 Å². The van der Waals surface area contributed by atoms with Gasteiger partial charge in [0.25, 0.3) is 5.91 Å². The number of hydrogen-bond donors (Lipinski definition) is 2. The van der Waals surface area contributed by atoms with E-state index in [2.05, 4.69) is 10.6 Å². The Hall–Kier alpha value is -3.00. The highest BCUT2D eigenvalue weighted by Gasteiger charge is 2.34. The Bertz CT molecular complexity index is 967. The molecular weight excluding hydrogens is 394 g/mol. The van der Waals surface area contributed by atoms with E-state index in [0.29, 0.717) is 5.56 Å². The third-order valence-corrected chi connectivity index (χ3v) is 4.43. The van der Waals surface area contributed by atoms with Crippen molar-refractivity contribution >= 4 is 40.8 Å². The highest BCUT2D eigenvalue weighted by atomic mass is 35.5. The smallest absolute Gasteiger partial charge is 0.314 e. The number of rotatable bonds is 4. The van der Waals surface area contributed by atoms with E-state index in [9.17, 15) is 23.2 Å². The molecule has 0 unspecified atom stereocenters. The maximum absolute atomic E-state index is 13.8. The molecule has 0 aromatic heterocycles. The summed E-state index contributed by atoms with van der Waals surface area (Å²) in [6.45, 7) is 1.32. The van der Waals surface area contributed by atoms with Crippen molar-refractivity contribution in [2.45, 2.75) is 25.4 Å². The van der Waals surface area contributed by atoms with E-state index < -0.39 is 41.4 Å². The number of ether oxygens (including phenoxy) is 1. The summed E-state index contributed by atoms with van der Waals surface area (Å²) in [4.78, 5) is 36.5. The highest BCUT2D eigenvalue weighted by Crippen LogP contribution is 2.33. The van der Waals surface area contributed by atoms with Crippen LogP contribution in [-0.4, -0.2) is 23.9 Å². The summed E-state index contributed by atoms with van der Waals surface area (Å²) < 4.78 is 32.3.